The second kappa shape index (κ2) is 7.25. The molecule has 1 unspecified atom stereocenters. The molecular weight excluding hydrogens is 262 g/mol. The van der Waals surface area contributed by atoms with Gasteiger partial charge in [0.05, 0.1) is 13.7 Å². The number of aliphatic hydroxyl groups excluding tert-OH is 1. The number of rotatable bonds is 6. The van der Waals surface area contributed by atoms with Crippen LogP contribution in [-0.2, 0) is 13.2 Å². The molecule has 0 aromatic heterocycles. The maximum atomic E-state index is 9.17. The standard InChI is InChI=1S/C18H23NO2/c1-13-7-8-17(18(9-13)21-3)14(2)19-11-15-5-4-6-16(10-15)12-20/h4-10,14,19-20H,11-12H2,1-3H3. The van der Waals surface area contributed by atoms with Gasteiger partial charge in [-0.05, 0) is 36.6 Å². The summed E-state index contributed by atoms with van der Waals surface area (Å²) in [7, 11) is 1.70. The summed E-state index contributed by atoms with van der Waals surface area (Å²) in [5.74, 6) is 0.916. The molecule has 2 rings (SSSR count). The van der Waals surface area contributed by atoms with E-state index in [0.717, 1.165) is 23.4 Å². The van der Waals surface area contributed by atoms with Gasteiger partial charge in [0.15, 0.2) is 0 Å². The van der Waals surface area contributed by atoms with Crippen molar-refractivity contribution < 1.29 is 9.84 Å². The van der Waals surface area contributed by atoms with Crippen molar-refractivity contribution >= 4 is 0 Å². The van der Waals surface area contributed by atoms with E-state index in [-0.39, 0.29) is 12.6 Å². The molecule has 0 radical (unpaired) electrons. The van der Waals surface area contributed by atoms with Crippen LogP contribution in [0.5, 0.6) is 5.75 Å². The Bertz CT molecular complexity index is 596. The lowest BCUT2D eigenvalue weighted by molar-refractivity contribution is 0.281. The van der Waals surface area contributed by atoms with Crippen molar-refractivity contribution in [2.75, 3.05) is 7.11 Å². The highest BCUT2D eigenvalue weighted by molar-refractivity contribution is 5.39. The van der Waals surface area contributed by atoms with Crippen molar-refractivity contribution in [2.45, 2.75) is 33.0 Å². The molecule has 0 heterocycles. The van der Waals surface area contributed by atoms with Crippen molar-refractivity contribution in [3.05, 3.63) is 64.7 Å². The van der Waals surface area contributed by atoms with Gasteiger partial charge in [0.2, 0.25) is 0 Å². The van der Waals surface area contributed by atoms with Crippen LogP contribution in [0, 0.1) is 6.92 Å². The first-order valence-corrected chi connectivity index (χ1v) is 7.20. The van der Waals surface area contributed by atoms with E-state index >= 15 is 0 Å². The minimum atomic E-state index is 0.0786. The minimum absolute atomic E-state index is 0.0786. The van der Waals surface area contributed by atoms with E-state index in [9.17, 15) is 5.11 Å². The van der Waals surface area contributed by atoms with Gasteiger partial charge >= 0.3 is 0 Å². The summed E-state index contributed by atoms with van der Waals surface area (Å²) in [5, 5.41) is 12.7. The summed E-state index contributed by atoms with van der Waals surface area (Å²) >= 11 is 0. The van der Waals surface area contributed by atoms with E-state index in [1.807, 2.05) is 18.2 Å². The Labute approximate surface area is 126 Å². The first-order chi connectivity index (χ1) is 10.1. The van der Waals surface area contributed by atoms with Crippen molar-refractivity contribution in [3.63, 3.8) is 0 Å². The number of benzene rings is 2. The second-order valence-corrected chi connectivity index (χ2v) is 5.33. The van der Waals surface area contributed by atoms with Gasteiger partial charge < -0.3 is 15.2 Å². The zero-order chi connectivity index (χ0) is 15.2. The van der Waals surface area contributed by atoms with Gasteiger partial charge in [-0.1, -0.05) is 36.4 Å². The Kier molecular flexibility index (Phi) is 5.37. The Balaban J connectivity index is 2.06. The van der Waals surface area contributed by atoms with Crippen LogP contribution in [0.4, 0.5) is 0 Å². The normalized spacial score (nSPS) is 12.2. The molecule has 0 aliphatic rings. The first kappa shape index (κ1) is 15.5. The molecular formula is C18H23NO2. The number of hydrogen-bond acceptors (Lipinski definition) is 3. The highest BCUT2D eigenvalue weighted by Crippen LogP contribution is 2.26. The molecule has 1 atom stereocenters. The summed E-state index contributed by atoms with van der Waals surface area (Å²) in [6.45, 7) is 5.02. The molecule has 0 saturated heterocycles. The lowest BCUT2D eigenvalue weighted by Crippen LogP contribution is -2.18. The van der Waals surface area contributed by atoms with Gasteiger partial charge in [-0.2, -0.15) is 0 Å². The average molecular weight is 285 g/mol. The molecule has 21 heavy (non-hydrogen) atoms. The monoisotopic (exact) mass is 285 g/mol. The number of aryl methyl sites for hydroxylation is 1. The Morgan fingerprint density at radius 2 is 1.90 bits per heavy atom. The third-order valence-electron chi connectivity index (χ3n) is 3.64. The van der Waals surface area contributed by atoms with Gasteiger partial charge in [-0.25, -0.2) is 0 Å². The summed E-state index contributed by atoms with van der Waals surface area (Å²) in [6.07, 6.45) is 0. The van der Waals surface area contributed by atoms with Crippen LogP contribution in [0.3, 0.4) is 0 Å². The van der Waals surface area contributed by atoms with Crippen molar-refractivity contribution in [1.82, 2.24) is 5.32 Å². The molecule has 3 heteroatoms. The fourth-order valence-corrected chi connectivity index (χ4v) is 2.39. The summed E-state index contributed by atoms with van der Waals surface area (Å²) in [6, 6.07) is 14.4. The molecule has 112 valence electrons. The molecule has 3 nitrogen and oxygen atoms in total. The molecule has 2 N–H and O–H groups in total. The van der Waals surface area contributed by atoms with E-state index in [1.54, 1.807) is 7.11 Å². The summed E-state index contributed by atoms with van der Waals surface area (Å²) < 4.78 is 5.46. The zero-order valence-electron chi connectivity index (χ0n) is 12.9. The van der Waals surface area contributed by atoms with E-state index in [2.05, 4.69) is 43.4 Å². The second-order valence-electron chi connectivity index (χ2n) is 5.33. The van der Waals surface area contributed by atoms with Gasteiger partial charge in [-0.3, -0.25) is 0 Å². The van der Waals surface area contributed by atoms with E-state index in [4.69, 9.17) is 4.74 Å². The Hall–Kier alpha value is -1.84. The number of methoxy groups -OCH3 is 1. The van der Waals surface area contributed by atoms with Crippen LogP contribution in [-0.4, -0.2) is 12.2 Å². The van der Waals surface area contributed by atoms with E-state index in [0.29, 0.717) is 0 Å². The van der Waals surface area contributed by atoms with Crippen molar-refractivity contribution in [1.29, 1.82) is 0 Å². The maximum Gasteiger partial charge on any atom is 0.123 e. The van der Waals surface area contributed by atoms with Crippen LogP contribution in [0.15, 0.2) is 42.5 Å². The number of aliphatic hydroxyl groups is 1. The fourth-order valence-electron chi connectivity index (χ4n) is 2.39. The molecule has 0 aliphatic carbocycles. The predicted molar refractivity (Wildman–Crippen MR) is 85.4 cm³/mol. The molecule has 0 fully saturated rings. The van der Waals surface area contributed by atoms with Gasteiger partial charge in [0.1, 0.15) is 5.75 Å². The van der Waals surface area contributed by atoms with Crippen molar-refractivity contribution in [2.24, 2.45) is 0 Å². The van der Waals surface area contributed by atoms with Crippen LogP contribution < -0.4 is 10.1 Å². The fraction of sp³-hybridized carbons (Fsp3) is 0.333. The third kappa shape index (κ3) is 4.06. The van der Waals surface area contributed by atoms with Crippen LogP contribution in [0.25, 0.3) is 0 Å². The quantitative estimate of drug-likeness (QED) is 0.855. The highest BCUT2D eigenvalue weighted by atomic mass is 16.5. The number of ether oxygens (including phenoxy) is 1. The molecule has 2 aromatic carbocycles. The molecule has 0 saturated carbocycles. The van der Waals surface area contributed by atoms with Crippen molar-refractivity contribution in [3.8, 4) is 5.75 Å². The van der Waals surface area contributed by atoms with E-state index < -0.39 is 0 Å². The molecule has 2 aromatic rings. The summed E-state index contributed by atoms with van der Waals surface area (Å²) in [5.41, 5.74) is 4.45. The zero-order valence-corrected chi connectivity index (χ0v) is 12.9. The van der Waals surface area contributed by atoms with Crippen LogP contribution in [0.2, 0.25) is 0 Å². The maximum absolute atomic E-state index is 9.17. The lowest BCUT2D eigenvalue weighted by atomic mass is 10.0. The third-order valence-corrected chi connectivity index (χ3v) is 3.64. The van der Waals surface area contributed by atoms with Gasteiger partial charge in [0, 0.05) is 18.2 Å². The lowest BCUT2D eigenvalue weighted by Gasteiger charge is -2.18. The Morgan fingerprint density at radius 3 is 2.62 bits per heavy atom. The van der Waals surface area contributed by atoms with Crippen LogP contribution in [0.1, 0.15) is 35.2 Å². The molecule has 0 bridgehead atoms. The highest BCUT2D eigenvalue weighted by Gasteiger charge is 2.11. The predicted octanol–water partition coefficient (Wildman–Crippen LogP) is 3.35. The minimum Gasteiger partial charge on any atom is -0.496 e. The molecule has 0 aliphatic heterocycles. The average Bonchev–Trinajstić information content (AvgIpc) is 2.52. The largest absolute Gasteiger partial charge is 0.496 e. The number of nitrogens with one attached hydrogen (secondary N) is 1. The summed E-state index contributed by atoms with van der Waals surface area (Å²) in [4.78, 5) is 0. The molecule has 0 amide bonds. The first-order valence-electron chi connectivity index (χ1n) is 7.20. The SMILES string of the molecule is COc1cc(C)ccc1C(C)NCc1cccc(CO)c1. The van der Waals surface area contributed by atoms with E-state index in [1.165, 1.54) is 11.1 Å². The number of hydrogen-bond donors (Lipinski definition) is 2. The van der Waals surface area contributed by atoms with Gasteiger partial charge in [0.25, 0.3) is 0 Å². The Morgan fingerprint density at radius 1 is 1.14 bits per heavy atom. The topological polar surface area (TPSA) is 41.5 Å². The van der Waals surface area contributed by atoms with Gasteiger partial charge in [-0.15, -0.1) is 0 Å². The molecule has 0 spiro atoms. The van der Waals surface area contributed by atoms with Crippen LogP contribution >= 0.6 is 0 Å². The smallest absolute Gasteiger partial charge is 0.123 e.